The van der Waals surface area contributed by atoms with Gasteiger partial charge in [-0.05, 0) is 32.0 Å². The molecule has 8 heteroatoms. The maximum absolute atomic E-state index is 11.0. The Hall–Kier alpha value is -2.19. The number of nitrogens with one attached hydrogen (secondary N) is 2. The highest BCUT2D eigenvalue weighted by Crippen LogP contribution is 2.25. The number of hydrogen-bond donors (Lipinski definition) is 3. The highest BCUT2D eigenvalue weighted by atomic mass is 32.1. The third-order valence-corrected chi connectivity index (χ3v) is 3.93. The van der Waals surface area contributed by atoms with Gasteiger partial charge in [0.05, 0.1) is 4.92 Å². The van der Waals surface area contributed by atoms with Gasteiger partial charge >= 0.3 is 5.69 Å². The van der Waals surface area contributed by atoms with Crippen molar-refractivity contribution in [3.63, 3.8) is 0 Å². The minimum Gasteiger partial charge on any atom is -0.361 e. The summed E-state index contributed by atoms with van der Waals surface area (Å²) in [4.78, 5) is 17.2. The lowest BCUT2D eigenvalue weighted by molar-refractivity contribution is -0.384. The molecule has 0 radical (unpaired) electrons. The first-order valence-corrected chi connectivity index (χ1v) is 7.25. The van der Waals surface area contributed by atoms with Crippen LogP contribution in [0.15, 0.2) is 24.3 Å². The van der Waals surface area contributed by atoms with Gasteiger partial charge in [0.15, 0.2) is 0 Å². The van der Waals surface area contributed by atoms with E-state index in [1.54, 1.807) is 11.3 Å². The number of nitrogen functional groups attached to an aromatic ring is 1. The van der Waals surface area contributed by atoms with Crippen molar-refractivity contribution < 1.29 is 4.92 Å². The average molecular weight is 307 g/mol. The van der Waals surface area contributed by atoms with E-state index < -0.39 is 4.92 Å². The number of nitrogens with zero attached hydrogens (tertiary/aromatic N) is 2. The van der Waals surface area contributed by atoms with E-state index in [9.17, 15) is 10.1 Å². The van der Waals surface area contributed by atoms with E-state index in [-0.39, 0.29) is 17.5 Å². The van der Waals surface area contributed by atoms with Crippen LogP contribution in [-0.4, -0.2) is 15.9 Å². The monoisotopic (exact) mass is 307 g/mol. The van der Waals surface area contributed by atoms with Gasteiger partial charge in [-0.3, -0.25) is 10.1 Å². The zero-order valence-corrected chi connectivity index (χ0v) is 12.6. The number of nitrogens with two attached hydrogens (primary N) is 1. The zero-order valence-electron chi connectivity index (χ0n) is 11.8. The Kier molecular flexibility index (Phi) is 4.71. The molecule has 0 saturated carbocycles. The summed E-state index contributed by atoms with van der Waals surface area (Å²) in [6.45, 7) is 4.01. The first-order valence-electron chi connectivity index (χ1n) is 6.43. The smallest absolute Gasteiger partial charge is 0.311 e. The molecule has 0 fully saturated rings. The third-order valence-electron chi connectivity index (χ3n) is 2.91. The summed E-state index contributed by atoms with van der Waals surface area (Å²) in [6, 6.07) is 7.00. The van der Waals surface area contributed by atoms with Crippen molar-refractivity contribution in [2.24, 2.45) is 5.84 Å². The largest absolute Gasteiger partial charge is 0.361 e. The molecule has 2 aromatic rings. The first kappa shape index (κ1) is 15.2. The standard InChI is InChI=1S/C13H17N5O2S/c1-8(7-10-4-3-9(2)21-10)15-13-11(18(19)20)5-6-12(16-13)17-14/h3-6,8H,7,14H2,1-2H3,(H2,15,16,17). The SMILES string of the molecule is Cc1ccc(CC(C)Nc2nc(NN)ccc2[N+](=O)[O-])s1. The number of pyridine rings is 1. The molecule has 0 saturated heterocycles. The molecule has 0 bridgehead atoms. The number of aryl methyl sites for hydroxylation is 1. The summed E-state index contributed by atoms with van der Waals surface area (Å²) in [7, 11) is 0. The topological polar surface area (TPSA) is 106 Å². The second-order valence-electron chi connectivity index (χ2n) is 4.73. The molecule has 2 heterocycles. The van der Waals surface area contributed by atoms with Crippen molar-refractivity contribution in [1.82, 2.24) is 4.98 Å². The van der Waals surface area contributed by atoms with Crippen molar-refractivity contribution >= 4 is 28.7 Å². The van der Waals surface area contributed by atoms with E-state index in [1.807, 2.05) is 6.92 Å². The summed E-state index contributed by atoms with van der Waals surface area (Å²) >= 11 is 1.72. The van der Waals surface area contributed by atoms with Crippen molar-refractivity contribution in [3.05, 3.63) is 44.1 Å². The van der Waals surface area contributed by atoms with Gasteiger partial charge in [0.1, 0.15) is 5.82 Å². The molecule has 1 unspecified atom stereocenters. The van der Waals surface area contributed by atoms with E-state index in [0.29, 0.717) is 5.82 Å². The lowest BCUT2D eigenvalue weighted by atomic mass is 10.2. The van der Waals surface area contributed by atoms with Gasteiger partial charge in [-0.2, -0.15) is 0 Å². The van der Waals surface area contributed by atoms with Crippen molar-refractivity contribution in [1.29, 1.82) is 0 Å². The van der Waals surface area contributed by atoms with Crippen LogP contribution in [-0.2, 0) is 6.42 Å². The summed E-state index contributed by atoms with van der Waals surface area (Å²) in [5, 5.41) is 14.1. The molecule has 4 N–H and O–H groups in total. The van der Waals surface area contributed by atoms with E-state index in [2.05, 4.69) is 34.8 Å². The number of hydrazine groups is 1. The summed E-state index contributed by atoms with van der Waals surface area (Å²) in [6.07, 6.45) is 0.775. The summed E-state index contributed by atoms with van der Waals surface area (Å²) in [5.41, 5.74) is 2.32. The van der Waals surface area contributed by atoms with Gasteiger partial charge in [-0.25, -0.2) is 10.8 Å². The van der Waals surface area contributed by atoms with Gasteiger partial charge in [0.2, 0.25) is 5.82 Å². The Bertz CT molecular complexity index is 643. The van der Waals surface area contributed by atoms with Crippen LogP contribution >= 0.6 is 11.3 Å². The average Bonchev–Trinajstić information content (AvgIpc) is 2.83. The van der Waals surface area contributed by atoms with E-state index in [4.69, 9.17) is 5.84 Å². The van der Waals surface area contributed by atoms with Crippen LogP contribution < -0.4 is 16.6 Å². The Morgan fingerprint density at radius 3 is 2.76 bits per heavy atom. The molecule has 0 aliphatic rings. The van der Waals surface area contributed by atoms with Gasteiger partial charge in [-0.1, -0.05) is 0 Å². The molecule has 2 rings (SSSR count). The number of nitro groups is 1. The third kappa shape index (κ3) is 3.89. The maximum atomic E-state index is 11.0. The predicted molar refractivity (Wildman–Crippen MR) is 84.5 cm³/mol. The number of hydrogen-bond acceptors (Lipinski definition) is 7. The minimum absolute atomic E-state index is 0.0160. The molecule has 0 aliphatic heterocycles. The Balaban J connectivity index is 2.15. The van der Waals surface area contributed by atoms with Crippen molar-refractivity contribution in [2.75, 3.05) is 10.7 Å². The molecule has 0 aromatic carbocycles. The number of anilines is 2. The second kappa shape index (κ2) is 6.51. The molecule has 0 aliphatic carbocycles. The fourth-order valence-corrected chi connectivity index (χ4v) is 2.99. The highest BCUT2D eigenvalue weighted by molar-refractivity contribution is 7.11. The van der Waals surface area contributed by atoms with Crippen LogP contribution in [0.4, 0.5) is 17.3 Å². The summed E-state index contributed by atoms with van der Waals surface area (Å²) in [5.74, 6) is 5.89. The molecule has 1 atom stereocenters. The van der Waals surface area contributed by atoms with Gasteiger partial charge < -0.3 is 10.7 Å². The Morgan fingerprint density at radius 1 is 1.43 bits per heavy atom. The lowest BCUT2D eigenvalue weighted by Crippen LogP contribution is -2.20. The molecule has 0 amide bonds. The van der Waals surface area contributed by atoms with Crippen LogP contribution in [0.1, 0.15) is 16.7 Å². The zero-order chi connectivity index (χ0) is 15.4. The molecular weight excluding hydrogens is 290 g/mol. The van der Waals surface area contributed by atoms with E-state index in [0.717, 1.165) is 6.42 Å². The molecule has 2 aromatic heterocycles. The molecule has 0 spiro atoms. The molecule has 112 valence electrons. The normalized spacial score (nSPS) is 12.0. The Labute approximate surface area is 126 Å². The molecular formula is C13H17N5O2S. The number of thiophene rings is 1. The molecule has 21 heavy (non-hydrogen) atoms. The fourth-order valence-electron chi connectivity index (χ4n) is 1.97. The quantitative estimate of drug-likeness (QED) is 0.430. The molecule has 7 nitrogen and oxygen atoms in total. The highest BCUT2D eigenvalue weighted by Gasteiger charge is 2.18. The second-order valence-corrected chi connectivity index (χ2v) is 6.10. The van der Waals surface area contributed by atoms with E-state index >= 15 is 0 Å². The maximum Gasteiger partial charge on any atom is 0.311 e. The predicted octanol–water partition coefficient (Wildman–Crippen LogP) is 2.69. The van der Waals surface area contributed by atoms with Crippen LogP contribution in [0, 0.1) is 17.0 Å². The van der Waals surface area contributed by atoms with Gasteiger partial charge in [-0.15, -0.1) is 11.3 Å². The lowest BCUT2D eigenvalue weighted by Gasteiger charge is -2.14. The Morgan fingerprint density at radius 2 is 2.19 bits per heavy atom. The van der Waals surface area contributed by atoms with Crippen LogP contribution in [0.2, 0.25) is 0 Å². The van der Waals surface area contributed by atoms with Gasteiger partial charge in [0, 0.05) is 28.3 Å². The van der Waals surface area contributed by atoms with Crippen molar-refractivity contribution in [3.8, 4) is 0 Å². The minimum atomic E-state index is -0.461. The summed E-state index contributed by atoms with van der Waals surface area (Å²) < 4.78 is 0. The van der Waals surface area contributed by atoms with Crippen LogP contribution in [0.5, 0.6) is 0 Å². The van der Waals surface area contributed by atoms with Gasteiger partial charge in [0.25, 0.3) is 0 Å². The van der Waals surface area contributed by atoms with E-state index in [1.165, 1.54) is 21.9 Å². The van der Waals surface area contributed by atoms with Crippen LogP contribution in [0.3, 0.4) is 0 Å². The fraction of sp³-hybridized carbons (Fsp3) is 0.308. The number of aromatic nitrogens is 1. The first-order chi connectivity index (χ1) is 9.99. The number of rotatable bonds is 6. The van der Waals surface area contributed by atoms with Crippen molar-refractivity contribution in [2.45, 2.75) is 26.3 Å². The van der Waals surface area contributed by atoms with Crippen LogP contribution in [0.25, 0.3) is 0 Å².